The monoisotopic (exact) mass is 254 g/mol. The number of amides is 1. The van der Waals surface area contributed by atoms with Crippen molar-refractivity contribution in [3.05, 3.63) is 16.4 Å². The first-order valence-electron chi connectivity index (χ1n) is 5.69. The molecule has 1 fully saturated rings. The first-order chi connectivity index (χ1) is 8.66. The molecule has 98 valence electrons. The van der Waals surface area contributed by atoms with Gasteiger partial charge in [0.1, 0.15) is 0 Å². The van der Waals surface area contributed by atoms with Crippen molar-refractivity contribution in [1.82, 2.24) is 25.0 Å². The molecule has 1 aromatic rings. The van der Waals surface area contributed by atoms with Gasteiger partial charge in [-0.15, -0.1) is 0 Å². The molecule has 2 rings (SSSR count). The molecule has 0 atom stereocenters. The Morgan fingerprint density at radius 3 is 2.83 bits per heavy atom. The van der Waals surface area contributed by atoms with E-state index < -0.39 is 10.9 Å². The van der Waals surface area contributed by atoms with Gasteiger partial charge in [0.05, 0.1) is 6.54 Å². The summed E-state index contributed by atoms with van der Waals surface area (Å²) in [7, 11) is 0. The number of aromatic nitrogens is 3. The second-order valence-electron chi connectivity index (χ2n) is 3.95. The quantitative estimate of drug-likeness (QED) is 0.546. The van der Waals surface area contributed by atoms with Crippen LogP contribution in [0.5, 0.6) is 0 Å². The molecule has 0 spiro atoms. The molecule has 1 amide bonds. The lowest BCUT2D eigenvalue weighted by molar-refractivity contribution is -0.394. The van der Waals surface area contributed by atoms with Crippen molar-refractivity contribution in [2.24, 2.45) is 0 Å². The van der Waals surface area contributed by atoms with Gasteiger partial charge in [0.15, 0.2) is 0 Å². The van der Waals surface area contributed by atoms with Crippen LogP contribution in [0.1, 0.15) is 6.42 Å². The Morgan fingerprint density at radius 1 is 1.50 bits per heavy atom. The van der Waals surface area contributed by atoms with Gasteiger partial charge < -0.3 is 20.3 Å². The number of nitrogens with zero attached hydrogens (tertiary/aromatic N) is 5. The smallest absolute Gasteiger partial charge is 0.390 e. The number of hydrogen-bond donors (Lipinski definition) is 1. The van der Waals surface area contributed by atoms with Gasteiger partial charge >= 0.3 is 5.95 Å². The van der Waals surface area contributed by atoms with E-state index in [0.717, 1.165) is 13.1 Å². The summed E-state index contributed by atoms with van der Waals surface area (Å²) in [6.07, 6.45) is 1.55. The van der Waals surface area contributed by atoms with E-state index >= 15 is 0 Å². The van der Waals surface area contributed by atoms with Crippen molar-refractivity contribution in [1.29, 1.82) is 0 Å². The number of hydrogen-bond acceptors (Lipinski definition) is 6. The third kappa shape index (κ3) is 3.00. The van der Waals surface area contributed by atoms with Crippen LogP contribution in [0.25, 0.3) is 0 Å². The van der Waals surface area contributed by atoms with Gasteiger partial charge in [0.2, 0.25) is 12.2 Å². The molecule has 9 nitrogen and oxygen atoms in total. The van der Waals surface area contributed by atoms with E-state index in [1.54, 1.807) is 4.90 Å². The Hall–Kier alpha value is -2.03. The molecule has 0 bridgehead atoms. The Bertz CT molecular complexity index is 439. The average molecular weight is 254 g/mol. The summed E-state index contributed by atoms with van der Waals surface area (Å²) in [5.41, 5.74) is 0. The number of carbonyl (C=O) groups excluding carboxylic acids is 1. The minimum Gasteiger partial charge on any atom is -0.390 e. The first-order valence-corrected chi connectivity index (χ1v) is 5.69. The van der Waals surface area contributed by atoms with Crippen LogP contribution in [-0.2, 0) is 11.3 Å². The summed E-state index contributed by atoms with van der Waals surface area (Å²) < 4.78 is 1.32. The number of carbonyl (C=O) groups is 1. The van der Waals surface area contributed by atoms with Gasteiger partial charge in [0.25, 0.3) is 0 Å². The average Bonchev–Trinajstić information content (AvgIpc) is 2.86. The van der Waals surface area contributed by atoms with E-state index in [1.165, 1.54) is 11.0 Å². The highest BCUT2D eigenvalue weighted by Crippen LogP contribution is 2.02. The second kappa shape index (κ2) is 5.54. The zero-order chi connectivity index (χ0) is 13.0. The maximum absolute atomic E-state index is 11.8. The summed E-state index contributed by atoms with van der Waals surface area (Å²) in [6.45, 7) is 3.33. The Kier molecular flexibility index (Phi) is 3.82. The van der Waals surface area contributed by atoms with E-state index in [2.05, 4.69) is 15.4 Å². The van der Waals surface area contributed by atoms with E-state index in [-0.39, 0.29) is 12.3 Å². The highest BCUT2D eigenvalue weighted by molar-refractivity contribution is 5.76. The molecule has 1 aliphatic heterocycles. The van der Waals surface area contributed by atoms with Gasteiger partial charge in [-0.05, 0) is 4.92 Å². The van der Waals surface area contributed by atoms with E-state index in [9.17, 15) is 14.9 Å². The Labute approximate surface area is 103 Å². The summed E-state index contributed by atoms with van der Waals surface area (Å²) >= 11 is 0. The lowest BCUT2D eigenvalue weighted by Crippen LogP contribution is -2.46. The normalized spacial score (nSPS) is 15.7. The zero-order valence-corrected chi connectivity index (χ0v) is 9.78. The maximum atomic E-state index is 11.8. The molecule has 0 aliphatic carbocycles. The molecule has 0 unspecified atom stereocenters. The van der Waals surface area contributed by atoms with Crippen LogP contribution in [0.3, 0.4) is 0 Å². The standard InChI is InChI=1S/C9H14N6O3/c16-8(13-5-2-10-3-6-13)1-4-14-7-11-9(12-14)15(17)18/h7,10H,1-6H2. The van der Waals surface area contributed by atoms with Crippen LogP contribution in [0.4, 0.5) is 5.95 Å². The van der Waals surface area contributed by atoms with Crippen molar-refractivity contribution >= 4 is 11.9 Å². The lowest BCUT2D eigenvalue weighted by Gasteiger charge is -2.27. The highest BCUT2D eigenvalue weighted by Gasteiger charge is 2.18. The van der Waals surface area contributed by atoms with Crippen LogP contribution < -0.4 is 5.32 Å². The number of aryl methyl sites for hydroxylation is 1. The first kappa shape index (κ1) is 12.4. The summed E-state index contributed by atoms with van der Waals surface area (Å²) in [6, 6.07) is 0. The molecule has 1 aromatic heterocycles. The predicted octanol–water partition coefficient (Wildman–Crippen LogP) is -0.992. The van der Waals surface area contributed by atoms with Crippen LogP contribution in [0, 0.1) is 10.1 Å². The van der Waals surface area contributed by atoms with Crippen molar-refractivity contribution in [3.8, 4) is 0 Å². The van der Waals surface area contributed by atoms with Crippen molar-refractivity contribution in [2.75, 3.05) is 26.2 Å². The highest BCUT2D eigenvalue weighted by atomic mass is 16.6. The second-order valence-corrected chi connectivity index (χ2v) is 3.95. The van der Waals surface area contributed by atoms with E-state index in [4.69, 9.17) is 0 Å². The van der Waals surface area contributed by atoms with Gasteiger partial charge in [-0.1, -0.05) is 4.98 Å². The minimum absolute atomic E-state index is 0.0367. The fraction of sp³-hybridized carbons (Fsp3) is 0.667. The van der Waals surface area contributed by atoms with Crippen LogP contribution in [0.2, 0.25) is 0 Å². The molecule has 9 heteroatoms. The van der Waals surface area contributed by atoms with Gasteiger partial charge in [-0.25, -0.2) is 0 Å². The SMILES string of the molecule is O=C(CCn1cnc([N+](=O)[O-])n1)N1CCNCC1. The van der Waals surface area contributed by atoms with E-state index in [0.29, 0.717) is 19.6 Å². The number of nitrogens with one attached hydrogen (secondary N) is 1. The molecule has 1 aliphatic rings. The number of rotatable bonds is 4. The van der Waals surface area contributed by atoms with Crippen molar-refractivity contribution in [2.45, 2.75) is 13.0 Å². The molecule has 0 aromatic carbocycles. The number of piperazine rings is 1. The largest absolute Gasteiger partial charge is 0.490 e. The zero-order valence-electron chi connectivity index (χ0n) is 9.78. The van der Waals surface area contributed by atoms with Gasteiger partial charge in [-0.2, -0.15) is 4.68 Å². The molecule has 0 radical (unpaired) electrons. The Morgan fingerprint density at radius 2 is 2.22 bits per heavy atom. The molecule has 1 saturated heterocycles. The van der Waals surface area contributed by atoms with Crippen molar-refractivity contribution < 1.29 is 9.72 Å². The maximum Gasteiger partial charge on any atom is 0.490 e. The minimum atomic E-state index is -0.658. The van der Waals surface area contributed by atoms with E-state index in [1.807, 2.05) is 0 Å². The van der Waals surface area contributed by atoms with Gasteiger partial charge in [0, 0.05) is 37.7 Å². The molecule has 0 saturated carbocycles. The topological polar surface area (TPSA) is 106 Å². The Balaban J connectivity index is 1.82. The molecular weight excluding hydrogens is 240 g/mol. The van der Waals surface area contributed by atoms with Crippen LogP contribution in [0.15, 0.2) is 6.33 Å². The number of nitro groups is 1. The summed E-state index contributed by atoms with van der Waals surface area (Å²) in [4.78, 5) is 26.8. The molecule has 2 heterocycles. The van der Waals surface area contributed by atoms with Crippen LogP contribution >= 0.6 is 0 Å². The summed E-state index contributed by atoms with van der Waals surface area (Å²) in [5.74, 6) is -0.403. The predicted molar refractivity (Wildman–Crippen MR) is 60.7 cm³/mol. The third-order valence-electron chi connectivity index (χ3n) is 2.71. The van der Waals surface area contributed by atoms with Gasteiger partial charge in [-0.3, -0.25) is 4.79 Å². The lowest BCUT2D eigenvalue weighted by atomic mass is 10.3. The fourth-order valence-corrected chi connectivity index (χ4v) is 1.76. The third-order valence-corrected chi connectivity index (χ3v) is 2.71. The van der Waals surface area contributed by atoms with Crippen LogP contribution in [-0.4, -0.2) is 56.7 Å². The molecule has 18 heavy (non-hydrogen) atoms. The fourth-order valence-electron chi connectivity index (χ4n) is 1.76. The van der Waals surface area contributed by atoms with Crippen molar-refractivity contribution in [3.63, 3.8) is 0 Å². The molecule has 1 N–H and O–H groups in total. The summed E-state index contributed by atoms with van der Waals surface area (Å²) in [5, 5.41) is 17.2. The molecular formula is C9H14N6O3.